The van der Waals surface area contributed by atoms with Crippen molar-refractivity contribution < 1.29 is 9.53 Å². The Kier molecular flexibility index (Phi) is 5.60. The molecular formula is C17H25NO2. The van der Waals surface area contributed by atoms with Crippen LogP contribution in [0.1, 0.15) is 42.5 Å². The lowest BCUT2D eigenvalue weighted by Gasteiger charge is -2.26. The molecule has 0 aliphatic heterocycles. The second-order valence-corrected chi connectivity index (χ2v) is 5.86. The monoisotopic (exact) mass is 275 g/mol. The summed E-state index contributed by atoms with van der Waals surface area (Å²) in [7, 11) is 3.67. The van der Waals surface area contributed by atoms with Crippen LogP contribution in [-0.2, 0) is 0 Å². The van der Waals surface area contributed by atoms with Gasteiger partial charge in [-0.3, -0.25) is 9.69 Å². The van der Waals surface area contributed by atoms with Gasteiger partial charge in [0.2, 0.25) is 0 Å². The van der Waals surface area contributed by atoms with E-state index in [-0.39, 0.29) is 5.78 Å². The number of methoxy groups -OCH3 is 1. The number of hydrogen-bond donors (Lipinski definition) is 0. The quantitative estimate of drug-likeness (QED) is 0.745. The number of rotatable bonds is 6. The number of carbonyl (C=O) groups is 1. The average molecular weight is 275 g/mol. The second-order valence-electron chi connectivity index (χ2n) is 5.86. The minimum atomic E-state index is 0.169. The zero-order valence-corrected chi connectivity index (χ0v) is 12.6. The number of hydrogen-bond acceptors (Lipinski definition) is 3. The molecular weight excluding hydrogens is 250 g/mol. The fourth-order valence-electron chi connectivity index (χ4n) is 3.01. The third-order valence-electron chi connectivity index (χ3n) is 4.10. The maximum absolute atomic E-state index is 12.3. The van der Waals surface area contributed by atoms with Gasteiger partial charge in [0.05, 0.1) is 13.7 Å². The zero-order valence-electron chi connectivity index (χ0n) is 12.6. The molecule has 0 spiro atoms. The minimum Gasteiger partial charge on any atom is -0.497 e. The summed E-state index contributed by atoms with van der Waals surface area (Å²) in [5.74, 6) is 1.68. The van der Waals surface area contributed by atoms with E-state index in [2.05, 4.69) is 4.90 Å². The number of Topliss-reactive ketones (excluding diaryl/α,β-unsaturated/α-hetero) is 1. The van der Waals surface area contributed by atoms with Crippen LogP contribution in [0.5, 0.6) is 5.75 Å². The van der Waals surface area contributed by atoms with Crippen LogP contribution in [0.4, 0.5) is 0 Å². The van der Waals surface area contributed by atoms with Crippen molar-refractivity contribution in [3.05, 3.63) is 29.8 Å². The molecule has 1 fully saturated rings. The van der Waals surface area contributed by atoms with Crippen molar-refractivity contribution in [3.8, 4) is 5.75 Å². The molecule has 1 aromatic rings. The molecule has 0 aromatic heterocycles. The Labute approximate surface area is 121 Å². The molecule has 2 rings (SSSR count). The molecule has 1 aromatic carbocycles. The highest BCUT2D eigenvalue weighted by Gasteiger charge is 2.17. The van der Waals surface area contributed by atoms with Gasteiger partial charge in [-0.25, -0.2) is 0 Å². The van der Waals surface area contributed by atoms with Crippen LogP contribution in [0.25, 0.3) is 0 Å². The van der Waals surface area contributed by atoms with Crippen LogP contribution in [0.2, 0.25) is 0 Å². The molecule has 0 saturated heterocycles. The summed E-state index contributed by atoms with van der Waals surface area (Å²) in [5.41, 5.74) is 0.736. The normalized spacial score (nSPS) is 16.4. The van der Waals surface area contributed by atoms with Crippen molar-refractivity contribution in [2.24, 2.45) is 5.92 Å². The molecule has 0 radical (unpaired) electrons. The van der Waals surface area contributed by atoms with E-state index in [4.69, 9.17) is 4.74 Å². The fourth-order valence-corrected chi connectivity index (χ4v) is 3.01. The molecule has 20 heavy (non-hydrogen) atoms. The molecule has 0 N–H and O–H groups in total. The van der Waals surface area contributed by atoms with Crippen molar-refractivity contribution in [1.29, 1.82) is 0 Å². The fraction of sp³-hybridized carbons (Fsp3) is 0.588. The molecule has 0 unspecified atom stereocenters. The molecule has 1 saturated carbocycles. The third kappa shape index (κ3) is 4.34. The van der Waals surface area contributed by atoms with Gasteiger partial charge in [-0.15, -0.1) is 0 Å². The predicted octanol–water partition coefficient (Wildman–Crippen LogP) is 3.39. The first kappa shape index (κ1) is 15.0. The van der Waals surface area contributed by atoms with Crippen LogP contribution >= 0.6 is 0 Å². The number of ketones is 1. The molecule has 3 heteroatoms. The predicted molar refractivity (Wildman–Crippen MR) is 81.4 cm³/mol. The third-order valence-corrected chi connectivity index (χ3v) is 4.10. The van der Waals surface area contributed by atoms with Crippen LogP contribution in [0, 0.1) is 5.92 Å². The zero-order chi connectivity index (χ0) is 14.4. The number of likely N-dealkylation sites (N-methyl/N-ethyl adjacent to an activating group) is 1. The molecule has 0 amide bonds. The van der Waals surface area contributed by atoms with E-state index < -0.39 is 0 Å². The summed E-state index contributed by atoms with van der Waals surface area (Å²) < 4.78 is 5.17. The van der Waals surface area contributed by atoms with E-state index in [1.165, 1.54) is 32.1 Å². The highest BCUT2D eigenvalue weighted by Crippen LogP contribution is 2.24. The van der Waals surface area contributed by atoms with Gasteiger partial charge in [-0.2, -0.15) is 0 Å². The van der Waals surface area contributed by atoms with Crippen LogP contribution in [0.15, 0.2) is 24.3 Å². The maximum Gasteiger partial charge on any atom is 0.176 e. The largest absolute Gasteiger partial charge is 0.497 e. The molecule has 1 aliphatic rings. The van der Waals surface area contributed by atoms with Gasteiger partial charge < -0.3 is 4.74 Å². The van der Waals surface area contributed by atoms with E-state index in [0.29, 0.717) is 6.54 Å². The topological polar surface area (TPSA) is 29.5 Å². The molecule has 110 valence electrons. The van der Waals surface area contributed by atoms with Gasteiger partial charge in [-0.05, 0) is 37.9 Å². The van der Waals surface area contributed by atoms with Gasteiger partial charge >= 0.3 is 0 Å². The Morgan fingerprint density at radius 2 is 2.05 bits per heavy atom. The van der Waals surface area contributed by atoms with E-state index in [1.807, 2.05) is 31.3 Å². The number of carbonyl (C=O) groups excluding carboxylic acids is 1. The average Bonchev–Trinajstić information content (AvgIpc) is 2.48. The van der Waals surface area contributed by atoms with E-state index in [1.54, 1.807) is 7.11 Å². The lowest BCUT2D eigenvalue weighted by molar-refractivity contribution is 0.0932. The van der Waals surface area contributed by atoms with E-state index in [9.17, 15) is 4.79 Å². The van der Waals surface area contributed by atoms with E-state index in [0.717, 1.165) is 23.8 Å². The SMILES string of the molecule is COc1cccc(C(=O)CN(C)CC2CCCCC2)c1. The number of ether oxygens (including phenoxy) is 1. The first-order valence-corrected chi connectivity index (χ1v) is 7.55. The minimum absolute atomic E-state index is 0.169. The highest BCUT2D eigenvalue weighted by molar-refractivity contribution is 5.97. The highest BCUT2D eigenvalue weighted by atomic mass is 16.5. The summed E-state index contributed by atoms with van der Waals surface area (Å²) in [4.78, 5) is 14.4. The summed E-state index contributed by atoms with van der Waals surface area (Å²) in [6.45, 7) is 1.53. The lowest BCUT2D eigenvalue weighted by Crippen LogP contribution is -2.31. The van der Waals surface area contributed by atoms with Crippen molar-refractivity contribution in [3.63, 3.8) is 0 Å². The Balaban J connectivity index is 1.86. The van der Waals surface area contributed by atoms with Gasteiger partial charge in [0.25, 0.3) is 0 Å². The van der Waals surface area contributed by atoms with E-state index >= 15 is 0 Å². The Bertz CT molecular complexity index is 438. The number of nitrogens with zero attached hydrogens (tertiary/aromatic N) is 1. The van der Waals surface area contributed by atoms with Crippen molar-refractivity contribution in [2.45, 2.75) is 32.1 Å². The lowest BCUT2D eigenvalue weighted by atomic mass is 9.89. The van der Waals surface area contributed by atoms with Gasteiger partial charge in [0.15, 0.2) is 5.78 Å². The Morgan fingerprint density at radius 3 is 2.75 bits per heavy atom. The smallest absolute Gasteiger partial charge is 0.176 e. The second kappa shape index (κ2) is 7.44. The van der Waals surface area contributed by atoms with Crippen LogP contribution in [-0.4, -0.2) is 37.9 Å². The maximum atomic E-state index is 12.3. The van der Waals surface area contributed by atoms with Crippen LogP contribution in [0.3, 0.4) is 0 Å². The summed E-state index contributed by atoms with van der Waals surface area (Å²) in [6.07, 6.45) is 6.71. The van der Waals surface area contributed by atoms with Gasteiger partial charge in [0.1, 0.15) is 5.75 Å². The Morgan fingerprint density at radius 1 is 1.30 bits per heavy atom. The van der Waals surface area contributed by atoms with Crippen molar-refractivity contribution in [2.75, 3.05) is 27.2 Å². The number of benzene rings is 1. The van der Waals surface area contributed by atoms with Crippen molar-refractivity contribution >= 4 is 5.78 Å². The molecule has 0 atom stereocenters. The van der Waals surface area contributed by atoms with Gasteiger partial charge in [0, 0.05) is 12.1 Å². The van der Waals surface area contributed by atoms with Crippen LogP contribution < -0.4 is 4.74 Å². The van der Waals surface area contributed by atoms with Crippen molar-refractivity contribution in [1.82, 2.24) is 4.90 Å². The first-order valence-electron chi connectivity index (χ1n) is 7.55. The molecule has 0 bridgehead atoms. The summed E-state index contributed by atoms with van der Waals surface area (Å²) in [6, 6.07) is 7.41. The standard InChI is InChI=1S/C17H25NO2/c1-18(12-14-7-4-3-5-8-14)13-17(19)15-9-6-10-16(11-15)20-2/h6,9-11,14H,3-5,7-8,12-13H2,1-2H3. The summed E-state index contributed by atoms with van der Waals surface area (Å²) >= 11 is 0. The molecule has 3 nitrogen and oxygen atoms in total. The Hall–Kier alpha value is -1.35. The molecule has 0 heterocycles. The van der Waals surface area contributed by atoms with Gasteiger partial charge in [-0.1, -0.05) is 31.4 Å². The molecule has 1 aliphatic carbocycles. The summed E-state index contributed by atoms with van der Waals surface area (Å²) in [5, 5.41) is 0. The first-order chi connectivity index (χ1) is 9.69.